The Morgan fingerprint density at radius 1 is 1.11 bits per heavy atom. The highest BCUT2D eigenvalue weighted by Crippen LogP contribution is 2.27. The number of hydrogen-bond acceptors (Lipinski definition) is 6. The fourth-order valence-corrected chi connectivity index (χ4v) is 4.25. The topological polar surface area (TPSA) is 109 Å². The number of benzene rings is 1. The van der Waals surface area contributed by atoms with Crippen LogP contribution in [0.5, 0.6) is 5.88 Å². The maximum absolute atomic E-state index is 13.1. The number of nitrogens with one attached hydrogen (secondary N) is 1. The van der Waals surface area contributed by atoms with Gasteiger partial charge in [-0.05, 0) is 37.1 Å². The Morgan fingerprint density at radius 2 is 1.86 bits per heavy atom. The van der Waals surface area contributed by atoms with E-state index in [2.05, 4.69) is 52.2 Å². The largest absolute Gasteiger partial charge is 0.477 e. The van der Waals surface area contributed by atoms with E-state index in [9.17, 15) is 4.79 Å². The van der Waals surface area contributed by atoms with E-state index < -0.39 is 8.07 Å². The van der Waals surface area contributed by atoms with Gasteiger partial charge in [0.2, 0.25) is 5.88 Å². The van der Waals surface area contributed by atoms with Crippen LogP contribution in [0, 0.1) is 22.8 Å². The summed E-state index contributed by atoms with van der Waals surface area (Å²) in [4.78, 5) is 25.3. The molecular weight excluding hydrogens is 468 g/mol. The van der Waals surface area contributed by atoms with Crippen LogP contribution < -0.4 is 10.3 Å². The summed E-state index contributed by atoms with van der Waals surface area (Å²) in [5, 5.41) is 13.6. The van der Waals surface area contributed by atoms with Gasteiger partial charge in [0.05, 0.1) is 36.0 Å². The number of hydrogen-bond donors (Lipinski definition) is 1. The van der Waals surface area contributed by atoms with E-state index in [-0.39, 0.29) is 11.1 Å². The standard InChI is InChI=1S/C27H28N6O2Si/c1-6-22-23-24(32-33(22)17-19-10-8-18(15-28)9-11-19)26(34)31-25(30-23)21-14-20(12-13-36(3,4)5)16-29-27(21)35-7-2/h8-11,14,16H,6-7,17H2,1-5H3,(H,30,31,34). The summed E-state index contributed by atoms with van der Waals surface area (Å²) in [6.45, 7) is 11.3. The Labute approximate surface area is 211 Å². The third kappa shape index (κ3) is 5.37. The Kier molecular flexibility index (Phi) is 7.04. The number of ether oxygens (including phenoxy) is 1. The van der Waals surface area contributed by atoms with Crippen LogP contribution in [0.3, 0.4) is 0 Å². The van der Waals surface area contributed by atoms with Gasteiger partial charge >= 0.3 is 0 Å². The number of fused-ring (bicyclic) bond motifs is 1. The van der Waals surface area contributed by atoms with Crippen LogP contribution in [0.1, 0.15) is 36.2 Å². The molecule has 182 valence electrons. The van der Waals surface area contributed by atoms with E-state index in [0.717, 1.165) is 16.8 Å². The van der Waals surface area contributed by atoms with E-state index in [1.165, 1.54) is 0 Å². The predicted molar refractivity (Wildman–Crippen MR) is 142 cm³/mol. The zero-order valence-electron chi connectivity index (χ0n) is 21.1. The molecule has 0 saturated carbocycles. The highest BCUT2D eigenvalue weighted by atomic mass is 28.3. The number of aromatic nitrogens is 5. The lowest BCUT2D eigenvalue weighted by Crippen LogP contribution is -2.16. The first kappa shape index (κ1) is 24.9. The second-order valence-electron chi connectivity index (χ2n) is 9.39. The molecule has 0 aliphatic heterocycles. The summed E-state index contributed by atoms with van der Waals surface area (Å²) in [5.74, 6) is 3.97. The molecule has 9 heteroatoms. The molecule has 4 rings (SSSR count). The van der Waals surface area contributed by atoms with Crippen molar-refractivity contribution in [1.82, 2.24) is 24.7 Å². The minimum Gasteiger partial charge on any atom is -0.477 e. The van der Waals surface area contributed by atoms with Crippen LogP contribution in [0.2, 0.25) is 19.6 Å². The van der Waals surface area contributed by atoms with E-state index in [0.29, 0.717) is 47.9 Å². The number of nitriles is 1. The van der Waals surface area contributed by atoms with Gasteiger partial charge in [0.25, 0.3) is 5.56 Å². The molecule has 0 atom stereocenters. The van der Waals surface area contributed by atoms with Gasteiger partial charge in [-0.1, -0.05) is 44.6 Å². The Morgan fingerprint density at radius 3 is 2.50 bits per heavy atom. The zero-order chi connectivity index (χ0) is 25.9. The molecule has 8 nitrogen and oxygen atoms in total. The highest BCUT2D eigenvalue weighted by molar-refractivity contribution is 6.83. The number of pyridine rings is 1. The van der Waals surface area contributed by atoms with Gasteiger partial charge in [-0.3, -0.25) is 9.48 Å². The summed E-state index contributed by atoms with van der Waals surface area (Å²) in [7, 11) is -1.58. The van der Waals surface area contributed by atoms with Crippen molar-refractivity contribution in [3.63, 3.8) is 0 Å². The maximum atomic E-state index is 13.1. The van der Waals surface area contributed by atoms with Crippen molar-refractivity contribution >= 4 is 19.1 Å². The average Bonchev–Trinajstić information content (AvgIpc) is 3.21. The zero-order valence-corrected chi connectivity index (χ0v) is 22.1. The van der Waals surface area contributed by atoms with Crippen LogP contribution in [0.25, 0.3) is 22.4 Å². The van der Waals surface area contributed by atoms with Crippen LogP contribution in [-0.4, -0.2) is 39.4 Å². The highest BCUT2D eigenvalue weighted by Gasteiger charge is 2.19. The summed E-state index contributed by atoms with van der Waals surface area (Å²) in [6.07, 6.45) is 2.33. The van der Waals surface area contributed by atoms with Crippen molar-refractivity contribution in [3.8, 4) is 34.8 Å². The molecule has 0 amide bonds. The monoisotopic (exact) mass is 496 g/mol. The normalized spacial score (nSPS) is 11.1. The van der Waals surface area contributed by atoms with Gasteiger partial charge < -0.3 is 9.72 Å². The molecule has 3 aromatic heterocycles. The van der Waals surface area contributed by atoms with Crippen molar-refractivity contribution in [2.24, 2.45) is 0 Å². The predicted octanol–water partition coefficient (Wildman–Crippen LogP) is 4.29. The van der Waals surface area contributed by atoms with Crippen molar-refractivity contribution < 1.29 is 4.74 Å². The molecule has 0 spiro atoms. The van der Waals surface area contributed by atoms with Crippen LogP contribution in [0.4, 0.5) is 0 Å². The van der Waals surface area contributed by atoms with Crippen LogP contribution in [0.15, 0.2) is 41.3 Å². The molecule has 0 fully saturated rings. The van der Waals surface area contributed by atoms with E-state index in [1.807, 2.05) is 32.0 Å². The molecule has 3 heterocycles. The van der Waals surface area contributed by atoms with E-state index >= 15 is 0 Å². The molecule has 4 aromatic rings. The van der Waals surface area contributed by atoms with Gasteiger partial charge in [0, 0.05) is 11.8 Å². The maximum Gasteiger partial charge on any atom is 0.279 e. The minimum absolute atomic E-state index is 0.282. The Balaban J connectivity index is 1.83. The number of H-pyrrole nitrogens is 1. The number of aromatic amines is 1. The number of rotatable bonds is 6. The first-order valence-corrected chi connectivity index (χ1v) is 15.4. The van der Waals surface area contributed by atoms with E-state index in [1.54, 1.807) is 23.0 Å². The first-order valence-electron chi connectivity index (χ1n) is 11.9. The molecule has 1 N–H and O–H groups in total. The molecule has 1 aromatic carbocycles. The lowest BCUT2D eigenvalue weighted by atomic mass is 10.1. The lowest BCUT2D eigenvalue weighted by Gasteiger charge is -2.10. The van der Waals surface area contributed by atoms with Gasteiger partial charge in [-0.2, -0.15) is 10.4 Å². The van der Waals surface area contributed by atoms with Crippen LogP contribution >= 0.6 is 0 Å². The quantitative estimate of drug-likeness (QED) is 0.315. The van der Waals surface area contributed by atoms with Crippen molar-refractivity contribution in [2.45, 2.75) is 46.5 Å². The minimum atomic E-state index is -1.58. The molecule has 0 radical (unpaired) electrons. The van der Waals surface area contributed by atoms with Gasteiger partial charge in [-0.25, -0.2) is 9.97 Å². The smallest absolute Gasteiger partial charge is 0.279 e. The Bertz CT molecular complexity index is 1580. The SMILES string of the molecule is CCOc1ncc(C#C[Si](C)(C)C)cc1-c1nc2c(CC)n(Cc3ccc(C#N)cc3)nc2c(=O)[nH]1. The molecule has 0 bridgehead atoms. The van der Waals surface area contributed by atoms with Crippen molar-refractivity contribution in [2.75, 3.05) is 6.61 Å². The molecule has 0 unspecified atom stereocenters. The van der Waals surface area contributed by atoms with E-state index in [4.69, 9.17) is 15.0 Å². The lowest BCUT2D eigenvalue weighted by molar-refractivity contribution is 0.328. The second kappa shape index (κ2) is 10.2. The van der Waals surface area contributed by atoms with Gasteiger partial charge in [-0.15, -0.1) is 5.54 Å². The average molecular weight is 497 g/mol. The number of nitrogens with zero attached hydrogens (tertiary/aromatic N) is 5. The van der Waals surface area contributed by atoms with Crippen molar-refractivity contribution in [1.29, 1.82) is 5.26 Å². The van der Waals surface area contributed by atoms with Crippen LogP contribution in [-0.2, 0) is 13.0 Å². The van der Waals surface area contributed by atoms with Gasteiger partial charge in [0.1, 0.15) is 19.4 Å². The summed E-state index contributed by atoms with van der Waals surface area (Å²) in [6, 6.07) is 11.3. The van der Waals surface area contributed by atoms with Crippen molar-refractivity contribution in [3.05, 3.63) is 69.3 Å². The molecular formula is C27H28N6O2Si. The molecule has 0 saturated heterocycles. The fourth-order valence-electron chi connectivity index (χ4n) is 3.73. The summed E-state index contributed by atoms with van der Waals surface area (Å²) < 4.78 is 7.55. The second-order valence-corrected chi connectivity index (χ2v) is 14.1. The molecule has 0 aliphatic rings. The fraction of sp³-hybridized carbons (Fsp3) is 0.296. The third-order valence-corrected chi connectivity index (χ3v) is 6.29. The van der Waals surface area contributed by atoms with Gasteiger partial charge in [0.15, 0.2) is 5.52 Å². The molecule has 0 aliphatic carbocycles. The first-order chi connectivity index (χ1) is 17.2. The number of aryl methyl sites for hydroxylation is 1. The summed E-state index contributed by atoms with van der Waals surface area (Å²) in [5.41, 5.74) is 7.59. The Hall–Kier alpha value is -4.21. The molecule has 36 heavy (non-hydrogen) atoms. The summed E-state index contributed by atoms with van der Waals surface area (Å²) >= 11 is 0. The third-order valence-electron chi connectivity index (χ3n) is 5.42.